The predicted octanol–water partition coefficient (Wildman–Crippen LogP) is 3.29. The van der Waals surface area contributed by atoms with Gasteiger partial charge in [-0.05, 0) is 38.5 Å². The molecule has 1 N–H and O–H groups in total. The Bertz CT molecular complexity index is 656. The number of fused-ring (bicyclic) bond motifs is 1. The smallest absolute Gasteiger partial charge is 0.341 e. The normalized spacial score (nSPS) is 10.6. The summed E-state index contributed by atoms with van der Waals surface area (Å²) >= 11 is 0. The Morgan fingerprint density at radius 2 is 2.15 bits per heavy atom. The van der Waals surface area contributed by atoms with Crippen LogP contribution in [-0.4, -0.2) is 24.1 Å². The van der Waals surface area contributed by atoms with Crippen molar-refractivity contribution in [3.05, 3.63) is 35.3 Å². The molecule has 0 amide bonds. The van der Waals surface area contributed by atoms with Gasteiger partial charge in [-0.1, -0.05) is 0 Å². The van der Waals surface area contributed by atoms with Gasteiger partial charge in [-0.25, -0.2) is 9.18 Å². The standard InChI is InChI=1S/C15H17FN2O2/c1-4-17-13-10-6-9(3)7-12(16)14(10)18-8-11(13)15(19)20-5-2/h6-8H,4-5H2,1-3H3,(H,17,18). The minimum Gasteiger partial charge on any atom is -0.462 e. The number of ether oxygens (including phenoxy) is 1. The van der Waals surface area contributed by atoms with E-state index in [1.807, 2.05) is 13.0 Å². The fraction of sp³-hybridized carbons (Fsp3) is 0.333. The molecule has 106 valence electrons. The summed E-state index contributed by atoms with van der Waals surface area (Å²) in [6.45, 7) is 6.34. The maximum atomic E-state index is 13.9. The van der Waals surface area contributed by atoms with Crippen LogP contribution < -0.4 is 5.32 Å². The van der Waals surface area contributed by atoms with E-state index >= 15 is 0 Å². The number of hydrogen-bond donors (Lipinski definition) is 1. The van der Waals surface area contributed by atoms with E-state index in [-0.39, 0.29) is 12.1 Å². The Hall–Kier alpha value is -2.17. The van der Waals surface area contributed by atoms with Crippen LogP contribution in [0, 0.1) is 12.7 Å². The number of hydrogen-bond acceptors (Lipinski definition) is 4. The number of nitrogens with one attached hydrogen (secondary N) is 1. The second kappa shape index (κ2) is 5.86. The van der Waals surface area contributed by atoms with Gasteiger partial charge in [0.15, 0.2) is 0 Å². The lowest BCUT2D eigenvalue weighted by molar-refractivity contribution is 0.0527. The molecule has 2 rings (SSSR count). The lowest BCUT2D eigenvalue weighted by Crippen LogP contribution is -2.11. The zero-order chi connectivity index (χ0) is 14.7. The molecule has 20 heavy (non-hydrogen) atoms. The van der Waals surface area contributed by atoms with Gasteiger partial charge >= 0.3 is 5.97 Å². The van der Waals surface area contributed by atoms with Gasteiger partial charge in [0.2, 0.25) is 0 Å². The third-order valence-corrected chi connectivity index (χ3v) is 2.92. The van der Waals surface area contributed by atoms with E-state index in [2.05, 4.69) is 10.3 Å². The van der Waals surface area contributed by atoms with Crippen molar-refractivity contribution in [3.63, 3.8) is 0 Å². The third kappa shape index (κ3) is 2.57. The van der Waals surface area contributed by atoms with E-state index in [4.69, 9.17) is 4.74 Å². The molecule has 2 aromatic rings. The van der Waals surface area contributed by atoms with E-state index in [1.165, 1.54) is 12.3 Å². The van der Waals surface area contributed by atoms with E-state index in [9.17, 15) is 9.18 Å². The highest BCUT2D eigenvalue weighted by Gasteiger charge is 2.18. The molecular weight excluding hydrogens is 259 g/mol. The van der Waals surface area contributed by atoms with Crippen molar-refractivity contribution in [2.24, 2.45) is 0 Å². The van der Waals surface area contributed by atoms with Crippen LogP contribution in [0.3, 0.4) is 0 Å². The van der Waals surface area contributed by atoms with Gasteiger partial charge in [0.1, 0.15) is 16.9 Å². The van der Waals surface area contributed by atoms with Gasteiger partial charge in [-0.15, -0.1) is 0 Å². The average molecular weight is 276 g/mol. The summed E-state index contributed by atoms with van der Waals surface area (Å²) in [6.07, 6.45) is 1.36. The second-order valence-electron chi connectivity index (χ2n) is 4.44. The van der Waals surface area contributed by atoms with Crippen LogP contribution in [0.4, 0.5) is 10.1 Å². The van der Waals surface area contributed by atoms with E-state index in [0.717, 1.165) is 5.56 Å². The van der Waals surface area contributed by atoms with Crippen LogP contribution in [0.1, 0.15) is 29.8 Å². The quantitative estimate of drug-likeness (QED) is 0.871. The number of esters is 1. The zero-order valence-corrected chi connectivity index (χ0v) is 11.8. The van der Waals surface area contributed by atoms with Gasteiger partial charge in [-0.3, -0.25) is 4.98 Å². The molecule has 0 radical (unpaired) electrons. The topological polar surface area (TPSA) is 51.2 Å². The molecule has 1 aromatic heterocycles. The Morgan fingerprint density at radius 3 is 2.80 bits per heavy atom. The number of aryl methyl sites for hydroxylation is 1. The SMILES string of the molecule is CCNc1c(C(=O)OCC)cnc2c(F)cc(C)cc12. The Morgan fingerprint density at radius 1 is 1.40 bits per heavy atom. The molecule has 0 aliphatic carbocycles. The molecule has 0 fully saturated rings. The van der Waals surface area contributed by atoms with Crippen molar-refractivity contribution < 1.29 is 13.9 Å². The molecule has 1 heterocycles. The maximum Gasteiger partial charge on any atom is 0.341 e. The number of rotatable bonds is 4. The van der Waals surface area contributed by atoms with Crippen molar-refractivity contribution in [1.82, 2.24) is 4.98 Å². The summed E-state index contributed by atoms with van der Waals surface area (Å²) in [4.78, 5) is 16.0. The van der Waals surface area contributed by atoms with Crippen LogP contribution in [0.25, 0.3) is 10.9 Å². The van der Waals surface area contributed by atoms with Crippen molar-refractivity contribution in [2.75, 3.05) is 18.5 Å². The molecule has 4 nitrogen and oxygen atoms in total. The number of carbonyl (C=O) groups is 1. The zero-order valence-electron chi connectivity index (χ0n) is 11.8. The van der Waals surface area contributed by atoms with Gasteiger partial charge in [0, 0.05) is 18.1 Å². The summed E-state index contributed by atoms with van der Waals surface area (Å²) in [5.74, 6) is -0.852. The first-order chi connectivity index (χ1) is 9.58. The Balaban J connectivity index is 2.71. The molecule has 1 aromatic carbocycles. The Labute approximate surface area is 117 Å². The average Bonchev–Trinajstić information content (AvgIpc) is 2.39. The minimum atomic E-state index is -0.459. The van der Waals surface area contributed by atoms with Crippen molar-refractivity contribution in [1.29, 1.82) is 0 Å². The van der Waals surface area contributed by atoms with Crippen LogP contribution in [0.15, 0.2) is 18.3 Å². The van der Waals surface area contributed by atoms with Crippen LogP contribution in [0.2, 0.25) is 0 Å². The van der Waals surface area contributed by atoms with E-state index < -0.39 is 11.8 Å². The molecule has 0 bridgehead atoms. The van der Waals surface area contributed by atoms with Crippen LogP contribution >= 0.6 is 0 Å². The van der Waals surface area contributed by atoms with Crippen molar-refractivity contribution in [2.45, 2.75) is 20.8 Å². The summed E-state index contributed by atoms with van der Waals surface area (Å²) < 4.78 is 19.0. The number of aromatic nitrogens is 1. The molecular formula is C15H17FN2O2. The fourth-order valence-corrected chi connectivity index (χ4v) is 2.13. The first-order valence-electron chi connectivity index (χ1n) is 6.58. The van der Waals surface area contributed by atoms with Crippen LogP contribution in [0.5, 0.6) is 0 Å². The van der Waals surface area contributed by atoms with Crippen molar-refractivity contribution >= 4 is 22.6 Å². The number of halogens is 1. The largest absolute Gasteiger partial charge is 0.462 e. The number of nitrogens with zero attached hydrogens (tertiary/aromatic N) is 1. The minimum absolute atomic E-state index is 0.250. The summed E-state index contributed by atoms with van der Waals surface area (Å²) in [5, 5.41) is 3.70. The first-order valence-corrected chi connectivity index (χ1v) is 6.58. The van der Waals surface area contributed by atoms with Crippen LogP contribution in [-0.2, 0) is 4.74 Å². The number of anilines is 1. The molecule has 0 atom stereocenters. The second-order valence-corrected chi connectivity index (χ2v) is 4.44. The van der Waals surface area contributed by atoms with Gasteiger partial charge in [-0.2, -0.15) is 0 Å². The van der Waals surface area contributed by atoms with E-state index in [0.29, 0.717) is 23.2 Å². The first kappa shape index (κ1) is 14.2. The molecule has 5 heteroatoms. The number of benzene rings is 1. The molecule has 0 saturated carbocycles. The summed E-state index contributed by atoms with van der Waals surface area (Å²) in [7, 11) is 0. The molecule has 0 aliphatic rings. The summed E-state index contributed by atoms with van der Waals surface area (Å²) in [5.41, 5.74) is 1.92. The molecule has 0 aliphatic heterocycles. The molecule has 0 unspecified atom stereocenters. The highest BCUT2D eigenvalue weighted by molar-refractivity contribution is 6.05. The van der Waals surface area contributed by atoms with Crippen molar-refractivity contribution in [3.8, 4) is 0 Å². The highest BCUT2D eigenvalue weighted by Crippen LogP contribution is 2.29. The Kier molecular flexibility index (Phi) is 4.17. The lowest BCUT2D eigenvalue weighted by atomic mass is 10.1. The lowest BCUT2D eigenvalue weighted by Gasteiger charge is -2.13. The monoisotopic (exact) mass is 276 g/mol. The fourth-order valence-electron chi connectivity index (χ4n) is 2.13. The van der Waals surface area contributed by atoms with Gasteiger partial charge < -0.3 is 10.1 Å². The highest BCUT2D eigenvalue weighted by atomic mass is 19.1. The third-order valence-electron chi connectivity index (χ3n) is 2.92. The van der Waals surface area contributed by atoms with E-state index in [1.54, 1.807) is 13.8 Å². The number of pyridine rings is 1. The summed E-state index contributed by atoms with van der Waals surface area (Å²) in [6, 6.07) is 3.24. The predicted molar refractivity (Wildman–Crippen MR) is 76.6 cm³/mol. The number of carbonyl (C=O) groups excluding carboxylic acids is 1. The molecule has 0 spiro atoms. The van der Waals surface area contributed by atoms with Gasteiger partial charge in [0.25, 0.3) is 0 Å². The van der Waals surface area contributed by atoms with Gasteiger partial charge in [0.05, 0.1) is 12.3 Å². The maximum absolute atomic E-state index is 13.9. The molecule has 0 saturated heterocycles.